The molecule has 0 aliphatic rings. The minimum Gasteiger partial charge on any atom is -0.435 e. The van der Waals surface area contributed by atoms with Crippen LogP contribution in [0.4, 0.5) is 20.3 Å². The first-order chi connectivity index (χ1) is 9.90. The highest BCUT2D eigenvalue weighted by Crippen LogP contribution is 2.28. The molecule has 2 rings (SSSR count). The zero-order valence-corrected chi connectivity index (χ0v) is 10.9. The van der Waals surface area contributed by atoms with Gasteiger partial charge in [-0.3, -0.25) is 10.1 Å². The van der Waals surface area contributed by atoms with Crippen molar-refractivity contribution in [1.82, 2.24) is 9.78 Å². The van der Waals surface area contributed by atoms with Gasteiger partial charge in [0.2, 0.25) is 5.82 Å². The van der Waals surface area contributed by atoms with Crippen LogP contribution in [0.3, 0.4) is 0 Å². The van der Waals surface area contributed by atoms with Crippen molar-refractivity contribution in [3.63, 3.8) is 0 Å². The van der Waals surface area contributed by atoms with Gasteiger partial charge in [-0.1, -0.05) is 12.1 Å². The smallest absolute Gasteiger partial charge is 0.387 e. The molecule has 0 fully saturated rings. The van der Waals surface area contributed by atoms with Crippen LogP contribution in [0.1, 0.15) is 18.5 Å². The van der Waals surface area contributed by atoms with Crippen LogP contribution in [0.15, 0.2) is 30.5 Å². The predicted octanol–water partition coefficient (Wildman–Crippen LogP) is 2.58. The third-order valence-corrected chi connectivity index (χ3v) is 2.96. The van der Waals surface area contributed by atoms with E-state index in [0.29, 0.717) is 5.56 Å². The number of nitrogen functional groups attached to an aromatic ring is 1. The third-order valence-electron chi connectivity index (χ3n) is 2.96. The summed E-state index contributed by atoms with van der Waals surface area (Å²) in [7, 11) is 0. The first kappa shape index (κ1) is 14.7. The summed E-state index contributed by atoms with van der Waals surface area (Å²) in [6.07, 6.45) is 1.07. The van der Waals surface area contributed by atoms with Gasteiger partial charge in [0.15, 0.2) is 0 Å². The van der Waals surface area contributed by atoms with E-state index in [2.05, 4.69) is 9.84 Å². The molecule has 112 valence electrons. The molecule has 0 saturated carbocycles. The van der Waals surface area contributed by atoms with E-state index in [4.69, 9.17) is 5.73 Å². The Morgan fingerprint density at radius 1 is 1.38 bits per heavy atom. The predicted molar refractivity (Wildman–Crippen MR) is 70.2 cm³/mol. The number of alkyl halides is 2. The molecule has 9 heteroatoms. The van der Waals surface area contributed by atoms with E-state index in [9.17, 15) is 18.9 Å². The number of halogens is 2. The van der Waals surface area contributed by atoms with Crippen LogP contribution in [-0.4, -0.2) is 21.3 Å². The molecule has 0 radical (unpaired) electrons. The topological polar surface area (TPSA) is 96.2 Å². The maximum atomic E-state index is 12.1. The van der Waals surface area contributed by atoms with Gasteiger partial charge >= 0.3 is 12.3 Å². The Bertz CT molecular complexity index is 642. The minimum absolute atomic E-state index is 0.0281. The number of ether oxygens (including phenoxy) is 1. The molecule has 1 aromatic heterocycles. The van der Waals surface area contributed by atoms with Gasteiger partial charge in [0.25, 0.3) is 0 Å². The molecule has 2 aromatic rings. The van der Waals surface area contributed by atoms with E-state index < -0.39 is 11.5 Å². The van der Waals surface area contributed by atoms with Crippen LogP contribution in [0.25, 0.3) is 0 Å². The Balaban J connectivity index is 2.24. The van der Waals surface area contributed by atoms with Crippen molar-refractivity contribution in [2.24, 2.45) is 0 Å². The van der Waals surface area contributed by atoms with Gasteiger partial charge < -0.3 is 10.5 Å². The monoisotopic (exact) mass is 298 g/mol. The van der Waals surface area contributed by atoms with Crippen LogP contribution in [0.2, 0.25) is 0 Å². The third kappa shape index (κ3) is 3.07. The number of aromatic nitrogens is 2. The van der Waals surface area contributed by atoms with E-state index in [1.807, 2.05) is 0 Å². The average Bonchev–Trinajstić information content (AvgIpc) is 2.80. The molecule has 0 saturated heterocycles. The van der Waals surface area contributed by atoms with Crippen molar-refractivity contribution in [1.29, 1.82) is 0 Å². The molecule has 0 aliphatic heterocycles. The van der Waals surface area contributed by atoms with Crippen molar-refractivity contribution < 1.29 is 18.4 Å². The van der Waals surface area contributed by atoms with Gasteiger partial charge in [-0.2, -0.15) is 13.9 Å². The summed E-state index contributed by atoms with van der Waals surface area (Å²) in [4.78, 5) is 10.1. The van der Waals surface area contributed by atoms with Gasteiger partial charge in [-0.15, -0.1) is 0 Å². The summed E-state index contributed by atoms with van der Waals surface area (Å²) in [5.41, 5.74) is 6.09. The van der Waals surface area contributed by atoms with Crippen molar-refractivity contribution in [3.05, 3.63) is 46.1 Å². The molecule has 21 heavy (non-hydrogen) atoms. The Hall–Kier alpha value is -2.71. The lowest BCUT2D eigenvalue weighted by molar-refractivity contribution is -0.384. The number of nitrogens with zero attached hydrogens (tertiary/aromatic N) is 3. The fraction of sp³-hybridized carbons (Fsp3) is 0.250. The fourth-order valence-corrected chi connectivity index (χ4v) is 1.88. The molecular formula is C12H12F2N4O3. The van der Waals surface area contributed by atoms with Crippen LogP contribution < -0.4 is 10.5 Å². The standard InChI is InChI=1S/C12H12F2N4O3/c1-7(17-11(15)10(6-16-17)18(19)20)8-2-4-9(5-3-8)21-12(13)14/h2-7,12H,15H2,1H3. The van der Waals surface area contributed by atoms with Crippen molar-refractivity contribution in [2.45, 2.75) is 19.6 Å². The highest BCUT2D eigenvalue weighted by atomic mass is 19.3. The quantitative estimate of drug-likeness (QED) is 0.676. The van der Waals surface area contributed by atoms with Gasteiger partial charge in [0, 0.05) is 0 Å². The summed E-state index contributed by atoms with van der Waals surface area (Å²) >= 11 is 0. The summed E-state index contributed by atoms with van der Waals surface area (Å²) in [6.45, 7) is -1.16. The largest absolute Gasteiger partial charge is 0.435 e. The highest BCUT2D eigenvalue weighted by Gasteiger charge is 2.21. The number of rotatable bonds is 5. The summed E-state index contributed by atoms with van der Waals surface area (Å²) in [5, 5.41) is 14.6. The van der Waals surface area contributed by atoms with Crippen LogP contribution in [-0.2, 0) is 0 Å². The molecule has 2 N–H and O–H groups in total. The second-order valence-corrected chi connectivity index (χ2v) is 4.24. The van der Waals surface area contributed by atoms with E-state index >= 15 is 0 Å². The normalized spacial score (nSPS) is 12.4. The Labute approximate surface area is 118 Å². The molecule has 0 bridgehead atoms. The number of hydrogen-bond acceptors (Lipinski definition) is 5. The maximum Gasteiger partial charge on any atom is 0.387 e. The lowest BCUT2D eigenvalue weighted by Crippen LogP contribution is -2.12. The summed E-state index contributed by atoms with van der Waals surface area (Å²) in [6, 6.07) is 5.50. The summed E-state index contributed by atoms with van der Waals surface area (Å²) in [5.74, 6) is -0.0409. The average molecular weight is 298 g/mol. The van der Waals surface area contributed by atoms with Crippen LogP contribution in [0, 0.1) is 10.1 Å². The lowest BCUT2D eigenvalue weighted by atomic mass is 10.1. The molecule has 1 aromatic carbocycles. The maximum absolute atomic E-state index is 12.1. The molecule has 7 nitrogen and oxygen atoms in total. The summed E-state index contributed by atoms with van der Waals surface area (Å²) < 4.78 is 29.7. The highest BCUT2D eigenvalue weighted by molar-refractivity contribution is 5.52. The van der Waals surface area contributed by atoms with Crippen molar-refractivity contribution in [3.8, 4) is 5.75 Å². The van der Waals surface area contributed by atoms with E-state index in [-0.39, 0.29) is 23.3 Å². The van der Waals surface area contributed by atoms with Crippen LogP contribution in [0.5, 0.6) is 5.75 Å². The lowest BCUT2D eigenvalue weighted by Gasteiger charge is -2.14. The van der Waals surface area contributed by atoms with E-state index in [0.717, 1.165) is 6.20 Å². The number of anilines is 1. The fourth-order valence-electron chi connectivity index (χ4n) is 1.88. The number of benzene rings is 1. The number of nitro groups is 1. The SMILES string of the molecule is CC(c1ccc(OC(F)F)cc1)n1ncc([N+](=O)[O-])c1N. The molecule has 0 amide bonds. The van der Waals surface area contributed by atoms with Gasteiger partial charge in [-0.25, -0.2) is 4.68 Å². The molecule has 0 spiro atoms. The van der Waals surface area contributed by atoms with Crippen LogP contribution >= 0.6 is 0 Å². The molecule has 1 heterocycles. The molecule has 0 aliphatic carbocycles. The Morgan fingerprint density at radius 2 is 2.00 bits per heavy atom. The van der Waals surface area contributed by atoms with Gasteiger partial charge in [0.05, 0.1) is 11.0 Å². The first-order valence-electron chi connectivity index (χ1n) is 5.92. The zero-order chi connectivity index (χ0) is 15.6. The van der Waals surface area contributed by atoms with E-state index in [1.54, 1.807) is 19.1 Å². The van der Waals surface area contributed by atoms with Crippen molar-refractivity contribution >= 4 is 11.5 Å². The first-order valence-corrected chi connectivity index (χ1v) is 5.92. The molecular weight excluding hydrogens is 286 g/mol. The number of hydrogen-bond donors (Lipinski definition) is 1. The second kappa shape index (κ2) is 5.73. The van der Waals surface area contributed by atoms with Gasteiger partial charge in [-0.05, 0) is 24.6 Å². The second-order valence-electron chi connectivity index (χ2n) is 4.24. The number of nitrogens with two attached hydrogens (primary N) is 1. The minimum atomic E-state index is -2.89. The zero-order valence-electron chi connectivity index (χ0n) is 10.9. The Kier molecular flexibility index (Phi) is 4.01. The van der Waals surface area contributed by atoms with Crippen molar-refractivity contribution in [2.75, 3.05) is 5.73 Å². The van der Waals surface area contributed by atoms with Gasteiger partial charge in [0.1, 0.15) is 11.9 Å². The molecule has 1 unspecified atom stereocenters. The van der Waals surface area contributed by atoms with E-state index in [1.165, 1.54) is 16.8 Å². The molecule has 1 atom stereocenters. The Morgan fingerprint density at radius 3 is 2.48 bits per heavy atom.